The fraction of sp³-hybridized carbons (Fsp3) is 0.667. The maximum Gasteiger partial charge on any atom is 0.0595 e. The largest absolute Gasteiger partial charge is 0.374 e. The molecule has 0 amide bonds. The number of rotatable bonds is 8. The molecule has 2 N–H and O–H groups in total. The fourth-order valence-electron chi connectivity index (χ4n) is 3.24. The number of benzene rings is 1. The summed E-state index contributed by atoms with van der Waals surface area (Å²) in [5.41, 5.74) is 1.15. The number of nitrogens with one attached hydrogen (secondary N) is 1. The quantitative estimate of drug-likeness (QED) is 0.431. The Morgan fingerprint density at radius 3 is 2.65 bits per heavy atom. The summed E-state index contributed by atoms with van der Waals surface area (Å²) >= 11 is 12.0. The summed E-state index contributed by atoms with van der Waals surface area (Å²) in [5.74, 6) is 0.781. The van der Waals surface area contributed by atoms with Gasteiger partial charge in [-0.1, -0.05) is 61.4 Å². The van der Waals surface area contributed by atoms with Gasteiger partial charge in [-0.15, -0.1) is 0 Å². The van der Waals surface area contributed by atoms with Crippen LogP contribution in [0.25, 0.3) is 0 Å². The lowest BCUT2D eigenvalue weighted by Crippen LogP contribution is -2.20. The van der Waals surface area contributed by atoms with Gasteiger partial charge in [0.2, 0.25) is 0 Å². The average Bonchev–Trinajstić information content (AvgIpc) is 2.55. The summed E-state index contributed by atoms with van der Waals surface area (Å²) < 4.78 is 0. The molecule has 0 radical (unpaired) electrons. The van der Waals surface area contributed by atoms with Crippen molar-refractivity contribution in [2.24, 2.45) is 5.92 Å². The Kier molecular flexibility index (Phi) is 8.65. The zero-order valence-corrected chi connectivity index (χ0v) is 16.3. The van der Waals surface area contributed by atoms with Crippen LogP contribution in [0.1, 0.15) is 57.1 Å². The van der Waals surface area contributed by atoms with Crippen LogP contribution >= 0.6 is 31.4 Å². The molecule has 0 bridgehead atoms. The molecule has 1 aromatic rings. The highest BCUT2D eigenvalue weighted by molar-refractivity contribution is 7.51. The molecule has 1 aliphatic rings. The van der Waals surface area contributed by atoms with Gasteiger partial charge in [-0.25, -0.2) is 0 Å². The Hall–Kier alpha value is 0.150. The second-order valence-corrected chi connectivity index (χ2v) is 9.26. The first kappa shape index (κ1) is 19.5. The monoisotopic (exact) mass is 375 g/mol. The predicted molar refractivity (Wildman–Crippen MR) is 103 cm³/mol. The van der Waals surface area contributed by atoms with E-state index in [1.807, 2.05) is 18.2 Å². The summed E-state index contributed by atoms with van der Waals surface area (Å²) in [7, 11) is -0.777. The summed E-state index contributed by atoms with van der Waals surface area (Å²) in [4.78, 5) is 10.3. The van der Waals surface area contributed by atoms with Crippen LogP contribution in [0.5, 0.6) is 0 Å². The van der Waals surface area contributed by atoms with E-state index < -0.39 is 8.15 Å². The normalized spacial score (nSPS) is 18.8. The molecular weight excluding hydrogens is 348 g/mol. The van der Waals surface area contributed by atoms with Crippen molar-refractivity contribution in [1.82, 2.24) is 5.32 Å². The van der Waals surface area contributed by atoms with Gasteiger partial charge in [-0.05, 0) is 55.8 Å². The highest BCUT2D eigenvalue weighted by Gasteiger charge is 2.17. The summed E-state index contributed by atoms with van der Waals surface area (Å²) in [6, 6.07) is 6.01. The van der Waals surface area contributed by atoms with Gasteiger partial charge in [0.25, 0.3) is 0 Å². The van der Waals surface area contributed by atoms with E-state index in [0.29, 0.717) is 10.0 Å². The highest BCUT2D eigenvalue weighted by Crippen LogP contribution is 2.38. The first-order valence-corrected chi connectivity index (χ1v) is 11.1. The lowest BCUT2D eigenvalue weighted by Gasteiger charge is -2.24. The summed E-state index contributed by atoms with van der Waals surface area (Å²) in [6.45, 7) is 3.05. The zero-order valence-electron chi connectivity index (χ0n) is 13.9. The van der Waals surface area contributed by atoms with E-state index in [1.54, 1.807) is 0 Å². The van der Waals surface area contributed by atoms with Crippen molar-refractivity contribution < 1.29 is 4.89 Å². The fourth-order valence-corrected chi connectivity index (χ4v) is 5.21. The van der Waals surface area contributed by atoms with Gasteiger partial charge >= 0.3 is 0 Å². The molecule has 1 aliphatic carbocycles. The van der Waals surface area contributed by atoms with Crippen LogP contribution in [0.4, 0.5) is 0 Å². The van der Waals surface area contributed by atoms with Gasteiger partial charge < -0.3 is 10.2 Å². The Morgan fingerprint density at radius 1 is 1.22 bits per heavy atom. The van der Waals surface area contributed by atoms with Crippen LogP contribution in [-0.4, -0.2) is 23.8 Å². The van der Waals surface area contributed by atoms with Crippen molar-refractivity contribution in [2.45, 2.75) is 51.5 Å². The molecule has 130 valence electrons. The van der Waals surface area contributed by atoms with E-state index in [0.717, 1.165) is 36.8 Å². The van der Waals surface area contributed by atoms with E-state index in [1.165, 1.54) is 32.1 Å². The van der Waals surface area contributed by atoms with Crippen LogP contribution in [0, 0.1) is 5.92 Å². The number of halogens is 2. The zero-order chi connectivity index (χ0) is 16.7. The second kappa shape index (κ2) is 10.2. The lowest BCUT2D eigenvalue weighted by atomic mass is 9.91. The molecule has 0 spiro atoms. The Morgan fingerprint density at radius 2 is 1.96 bits per heavy atom. The predicted octanol–water partition coefficient (Wildman–Crippen LogP) is 6.00. The number of hydrogen-bond donors (Lipinski definition) is 2. The molecule has 2 atom stereocenters. The van der Waals surface area contributed by atoms with Crippen LogP contribution in [-0.2, 0) is 0 Å². The SMILES string of the molecule is CC(NCCCP(O)CC1CCCCC1)c1ccc(Cl)c(Cl)c1. The topological polar surface area (TPSA) is 32.3 Å². The molecule has 2 nitrogen and oxygen atoms in total. The standard InChI is InChI=1S/C18H28Cl2NOP/c1-14(16-8-9-17(19)18(20)12-16)21-10-5-11-23(22)13-15-6-3-2-4-7-15/h8-9,12,14-15,21-22H,2-7,10-11,13H2,1H3. The minimum absolute atomic E-state index is 0.244. The van der Waals surface area contributed by atoms with Crippen molar-refractivity contribution >= 4 is 31.4 Å². The Balaban J connectivity index is 1.63. The summed E-state index contributed by atoms with van der Waals surface area (Å²) in [6.07, 6.45) is 9.78. The molecule has 2 rings (SSSR count). The molecule has 0 saturated heterocycles. The van der Waals surface area contributed by atoms with Gasteiger partial charge in [0.05, 0.1) is 10.0 Å². The van der Waals surface area contributed by atoms with Gasteiger partial charge in [0, 0.05) is 14.2 Å². The molecule has 2 unspecified atom stereocenters. The van der Waals surface area contributed by atoms with E-state index in [4.69, 9.17) is 23.2 Å². The molecule has 0 aromatic heterocycles. The second-order valence-electron chi connectivity index (χ2n) is 6.62. The van der Waals surface area contributed by atoms with Gasteiger partial charge in [-0.3, -0.25) is 0 Å². The lowest BCUT2D eigenvalue weighted by molar-refractivity contribution is 0.384. The molecular formula is C18H28Cl2NOP. The van der Waals surface area contributed by atoms with Crippen LogP contribution in [0.15, 0.2) is 18.2 Å². The molecule has 1 saturated carbocycles. The Bertz CT molecular complexity index is 480. The molecule has 0 aliphatic heterocycles. The molecule has 23 heavy (non-hydrogen) atoms. The van der Waals surface area contributed by atoms with Gasteiger partial charge in [-0.2, -0.15) is 0 Å². The van der Waals surface area contributed by atoms with Crippen molar-refractivity contribution in [3.05, 3.63) is 33.8 Å². The molecule has 5 heteroatoms. The van der Waals surface area contributed by atoms with Crippen LogP contribution in [0.2, 0.25) is 10.0 Å². The van der Waals surface area contributed by atoms with E-state index >= 15 is 0 Å². The van der Waals surface area contributed by atoms with Crippen molar-refractivity contribution in [3.63, 3.8) is 0 Å². The Labute approximate surface area is 151 Å². The molecule has 1 aromatic carbocycles. The number of hydrogen-bond acceptors (Lipinski definition) is 2. The van der Waals surface area contributed by atoms with Crippen molar-refractivity contribution in [3.8, 4) is 0 Å². The van der Waals surface area contributed by atoms with Crippen LogP contribution < -0.4 is 5.32 Å². The highest BCUT2D eigenvalue weighted by atomic mass is 35.5. The maximum atomic E-state index is 10.3. The van der Waals surface area contributed by atoms with Crippen molar-refractivity contribution in [2.75, 3.05) is 18.9 Å². The maximum absolute atomic E-state index is 10.3. The molecule has 1 fully saturated rings. The smallest absolute Gasteiger partial charge is 0.0595 e. The third kappa shape index (κ3) is 6.88. The van der Waals surface area contributed by atoms with Gasteiger partial charge in [0.1, 0.15) is 0 Å². The van der Waals surface area contributed by atoms with Gasteiger partial charge in [0.15, 0.2) is 0 Å². The van der Waals surface area contributed by atoms with E-state index in [2.05, 4.69) is 12.2 Å². The van der Waals surface area contributed by atoms with E-state index in [9.17, 15) is 4.89 Å². The van der Waals surface area contributed by atoms with Crippen LogP contribution in [0.3, 0.4) is 0 Å². The van der Waals surface area contributed by atoms with Crippen molar-refractivity contribution in [1.29, 1.82) is 0 Å². The van der Waals surface area contributed by atoms with E-state index in [-0.39, 0.29) is 6.04 Å². The molecule has 0 heterocycles. The minimum Gasteiger partial charge on any atom is -0.374 e. The summed E-state index contributed by atoms with van der Waals surface area (Å²) in [5, 5.41) is 4.70. The first-order chi connectivity index (χ1) is 11.1. The minimum atomic E-state index is -0.777. The average molecular weight is 376 g/mol. The third-order valence-corrected chi connectivity index (χ3v) is 7.19. The third-order valence-electron chi connectivity index (χ3n) is 4.68. The first-order valence-electron chi connectivity index (χ1n) is 8.68.